The molecule has 11 heavy (non-hydrogen) atoms. The molecule has 0 aliphatic heterocycles. The predicted octanol–water partition coefficient (Wildman–Crippen LogP) is -1.51. The molecule has 0 spiro atoms. The maximum absolute atomic E-state index is 10.4. The first-order valence-corrected chi connectivity index (χ1v) is 4.23. The molecular weight excluding hydrogens is 171 g/mol. The van der Waals surface area contributed by atoms with Crippen LogP contribution in [-0.2, 0) is 11.1 Å². The first-order chi connectivity index (χ1) is 4.70. The van der Waals surface area contributed by atoms with Crippen LogP contribution in [-0.4, -0.2) is 8.76 Å². The van der Waals surface area contributed by atoms with E-state index in [1.165, 1.54) is 5.57 Å². The Kier molecular flexibility index (Phi) is 5.56. The van der Waals surface area contributed by atoms with E-state index in [2.05, 4.69) is 0 Å². The summed E-state index contributed by atoms with van der Waals surface area (Å²) in [6.45, 7) is 2.00. The Balaban J connectivity index is 0.000001000. The minimum absolute atomic E-state index is 0. The SMILES string of the molecule is CC1=CC=C(S(=O)[O-])CC1.[Na+]. The molecular formula is C7H9NaO2S. The summed E-state index contributed by atoms with van der Waals surface area (Å²) < 4.78 is 20.7. The normalized spacial score (nSPS) is 19.5. The summed E-state index contributed by atoms with van der Waals surface area (Å²) in [5, 5.41) is 0. The Hall–Kier alpha value is 0.590. The molecule has 0 fully saturated rings. The molecule has 0 saturated carbocycles. The van der Waals surface area contributed by atoms with E-state index in [-0.39, 0.29) is 29.6 Å². The fraction of sp³-hybridized carbons (Fsp3) is 0.429. The smallest absolute Gasteiger partial charge is 0.769 e. The van der Waals surface area contributed by atoms with Crippen molar-refractivity contribution in [2.45, 2.75) is 19.8 Å². The number of hydrogen-bond donors (Lipinski definition) is 0. The van der Waals surface area contributed by atoms with E-state index in [1.807, 2.05) is 13.0 Å². The van der Waals surface area contributed by atoms with Crippen LogP contribution in [0, 0.1) is 0 Å². The van der Waals surface area contributed by atoms with Crippen molar-refractivity contribution >= 4 is 11.1 Å². The van der Waals surface area contributed by atoms with E-state index in [1.54, 1.807) is 6.08 Å². The Labute approximate surface area is 91.3 Å². The van der Waals surface area contributed by atoms with Crippen molar-refractivity contribution in [2.24, 2.45) is 0 Å². The summed E-state index contributed by atoms with van der Waals surface area (Å²) in [4.78, 5) is 0.519. The molecule has 1 unspecified atom stereocenters. The molecule has 0 radical (unpaired) electrons. The third-order valence-corrected chi connectivity index (χ3v) is 2.30. The molecule has 0 aromatic carbocycles. The van der Waals surface area contributed by atoms with Crippen molar-refractivity contribution in [1.29, 1.82) is 0 Å². The molecule has 56 valence electrons. The van der Waals surface area contributed by atoms with Gasteiger partial charge in [-0.25, -0.2) is 0 Å². The molecule has 1 rings (SSSR count). The third kappa shape index (κ3) is 3.67. The zero-order valence-electron chi connectivity index (χ0n) is 6.79. The van der Waals surface area contributed by atoms with Crippen molar-refractivity contribution in [3.8, 4) is 0 Å². The second-order valence-electron chi connectivity index (χ2n) is 2.38. The largest absolute Gasteiger partial charge is 1.00 e. The van der Waals surface area contributed by atoms with Gasteiger partial charge in [0.25, 0.3) is 0 Å². The second kappa shape index (κ2) is 5.27. The van der Waals surface area contributed by atoms with Crippen LogP contribution in [0.1, 0.15) is 19.8 Å². The summed E-state index contributed by atoms with van der Waals surface area (Å²) in [5.41, 5.74) is 1.24. The molecule has 0 N–H and O–H groups in total. The average molecular weight is 180 g/mol. The van der Waals surface area contributed by atoms with Crippen LogP contribution < -0.4 is 29.6 Å². The molecule has 0 heterocycles. The molecule has 1 aliphatic rings. The Morgan fingerprint density at radius 1 is 1.45 bits per heavy atom. The van der Waals surface area contributed by atoms with E-state index in [0.29, 0.717) is 11.3 Å². The quantitative estimate of drug-likeness (QED) is 0.364. The van der Waals surface area contributed by atoms with Crippen LogP contribution in [0.5, 0.6) is 0 Å². The molecule has 1 atom stereocenters. The Bertz CT molecular complexity index is 220. The topological polar surface area (TPSA) is 40.1 Å². The van der Waals surface area contributed by atoms with Gasteiger partial charge in [-0.05, 0) is 30.8 Å². The molecule has 0 aromatic rings. The summed E-state index contributed by atoms with van der Waals surface area (Å²) in [5.74, 6) is 0. The summed E-state index contributed by atoms with van der Waals surface area (Å²) >= 11 is -2.00. The van der Waals surface area contributed by atoms with Gasteiger partial charge in [-0.2, -0.15) is 0 Å². The van der Waals surface area contributed by atoms with Gasteiger partial charge in [-0.15, -0.1) is 0 Å². The van der Waals surface area contributed by atoms with Crippen LogP contribution in [0.15, 0.2) is 22.6 Å². The third-order valence-electron chi connectivity index (χ3n) is 1.53. The van der Waals surface area contributed by atoms with Gasteiger partial charge in [0.2, 0.25) is 0 Å². The standard InChI is InChI=1S/C7H10O2S.Na/c1-6-2-4-7(5-3-6)10(8)9;/h2,4H,3,5H2,1H3,(H,8,9);/q;+1/p-1. The van der Waals surface area contributed by atoms with Crippen molar-refractivity contribution < 1.29 is 38.3 Å². The Morgan fingerprint density at radius 2 is 2.09 bits per heavy atom. The Morgan fingerprint density at radius 3 is 2.45 bits per heavy atom. The van der Waals surface area contributed by atoms with Gasteiger partial charge >= 0.3 is 29.6 Å². The number of rotatable bonds is 1. The zero-order chi connectivity index (χ0) is 7.56. The van der Waals surface area contributed by atoms with Crippen LogP contribution in [0.3, 0.4) is 0 Å². The molecule has 0 aromatic heterocycles. The van der Waals surface area contributed by atoms with Crippen molar-refractivity contribution in [2.75, 3.05) is 0 Å². The predicted molar refractivity (Wildman–Crippen MR) is 40.0 cm³/mol. The average Bonchev–Trinajstić information content (AvgIpc) is 1.88. The van der Waals surface area contributed by atoms with E-state index in [0.717, 1.165) is 6.42 Å². The van der Waals surface area contributed by atoms with Gasteiger partial charge < -0.3 is 4.55 Å². The van der Waals surface area contributed by atoms with Crippen LogP contribution in [0.2, 0.25) is 0 Å². The minimum atomic E-state index is -2.00. The second-order valence-corrected chi connectivity index (χ2v) is 3.37. The van der Waals surface area contributed by atoms with Gasteiger partial charge in [0.05, 0.1) is 0 Å². The molecule has 0 amide bonds. The van der Waals surface area contributed by atoms with Gasteiger partial charge in [0.1, 0.15) is 0 Å². The minimum Gasteiger partial charge on any atom is -0.769 e. The van der Waals surface area contributed by atoms with Crippen molar-refractivity contribution in [3.05, 3.63) is 22.6 Å². The fourth-order valence-electron chi connectivity index (χ4n) is 0.861. The molecule has 0 bridgehead atoms. The fourth-order valence-corrected chi connectivity index (χ4v) is 1.31. The summed E-state index contributed by atoms with van der Waals surface area (Å²) in [7, 11) is 0. The first kappa shape index (κ1) is 11.6. The number of allylic oxidation sites excluding steroid dienone is 4. The number of hydrogen-bond acceptors (Lipinski definition) is 2. The monoisotopic (exact) mass is 180 g/mol. The van der Waals surface area contributed by atoms with E-state index in [9.17, 15) is 8.76 Å². The van der Waals surface area contributed by atoms with Crippen molar-refractivity contribution in [1.82, 2.24) is 0 Å². The van der Waals surface area contributed by atoms with Crippen molar-refractivity contribution in [3.63, 3.8) is 0 Å². The first-order valence-electron chi connectivity index (χ1n) is 3.16. The summed E-state index contributed by atoms with van der Waals surface area (Å²) in [6.07, 6.45) is 5.06. The molecule has 0 saturated heterocycles. The van der Waals surface area contributed by atoms with E-state index in [4.69, 9.17) is 0 Å². The van der Waals surface area contributed by atoms with Gasteiger partial charge in [-0.1, -0.05) is 17.7 Å². The van der Waals surface area contributed by atoms with Crippen LogP contribution >= 0.6 is 0 Å². The molecule has 1 aliphatic carbocycles. The molecule has 2 nitrogen and oxygen atoms in total. The maximum Gasteiger partial charge on any atom is 1.00 e. The van der Waals surface area contributed by atoms with E-state index < -0.39 is 11.1 Å². The zero-order valence-corrected chi connectivity index (χ0v) is 9.61. The van der Waals surface area contributed by atoms with Gasteiger partial charge in [-0.3, -0.25) is 4.21 Å². The van der Waals surface area contributed by atoms with Gasteiger partial charge in [0.15, 0.2) is 0 Å². The molecule has 4 heteroatoms. The summed E-state index contributed by atoms with van der Waals surface area (Å²) in [6, 6.07) is 0. The maximum atomic E-state index is 10.4. The van der Waals surface area contributed by atoms with Gasteiger partial charge in [0, 0.05) is 4.91 Å². The van der Waals surface area contributed by atoms with Crippen LogP contribution in [0.25, 0.3) is 0 Å². The van der Waals surface area contributed by atoms with Crippen LogP contribution in [0.4, 0.5) is 0 Å². The van der Waals surface area contributed by atoms with E-state index >= 15 is 0 Å².